The van der Waals surface area contributed by atoms with Crippen molar-refractivity contribution in [1.82, 2.24) is 0 Å². The Kier molecular flexibility index (Phi) is 4.06. The Hall–Kier alpha value is -0.910. The molecule has 0 heterocycles. The van der Waals surface area contributed by atoms with Crippen LogP contribution in [-0.2, 0) is 0 Å². The lowest BCUT2D eigenvalue weighted by Crippen LogP contribution is -2.01. The van der Waals surface area contributed by atoms with Gasteiger partial charge in [0.25, 0.3) is 5.76 Å². The van der Waals surface area contributed by atoms with Crippen molar-refractivity contribution in [2.45, 2.75) is 17.3 Å². The number of ether oxygens (including phenoxy) is 1. The van der Waals surface area contributed by atoms with E-state index in [1.165, 1.54) is 18.2 Å². The third-order valence-corrected chi connectivity index (χ3v) is 1.96. The van der Waals surface area contributed by atoms with Crippen LogP contribution in [0, 0.1) is 0 Å². The van der Waals surface area contributed by atoms with Gasteiger partial charge in [-0.05, 0) is 18.2 Å². The maximum Gasteiger partial charge on any atom is 0.387 e. The zero-order valence-electron chi connectivity index (χ0n) is 6.79. The van der Waals surface area contributed by atoms with Gasteiger partial charge < -0.3 is 4.74 Å². The van der Waals surface area contributed by atoms with Gasteiger partial charge in [-0.25, -0.2) is 0 Å². The van der Waals surface area contributed by atoms with E-state index in [0.29, 0.717) is 0 Å². The highest BCUT2D eigenvalue weighted by atomic mass is 32.2. The van der Waals surface area contributed by atoms with Crippen molar-refractivity contribution in [3.63, 3.8) is 0 Å². The van der Waals surface area contributed by atoms with Gasteiger partial charge in [0.15, 0.2) is 0 Å². The Bertz CT molecular complexity index is 267. The molecule has 6 heteroatoms. The van der Waals surface area contributed by atoms with Gasteiger partial charge in [0.1, 0.15) is 5.75 Å². The van der Waals surface area contributed by atoms with Crippen LogP contribution in [-0.4, -0.2) is 12.4 Å². The number of halogens is 4. The predicted octanol–water partition coefficient (Wildman–Crippen LogP) is 3.60. The van der Waals surface area contributed by atoms with Crippen molar-refractivity contribution in [2.24, 2.45) is 0 Å². The standard InChI is InChI=1S/C8H6F4OS/c9-7(10)13-5-2-1-3-6(4-5)14-8(11)12/h1-4,7-8H. The molecule has 78 valence electrons. The lowest BCUT2D eigenvalue weighted by atomic mass is 10.3. The van der Waals surface area contributed by atoms with E-state index in [4.69, 9.17) is 0 Å². The minimum absolute atomic E-state index is 0.120. The highest BCUT2D eigenvalue weighted by Gasteiger charge is 2.08. The summed E-state index contributed by atoms with van der Waals surface area (Å²) in [5.41, 5.74) is 0. The minimum Gasteiger partial charge on any atom is -0.435 e. The van der Waals surface area contributed by atoms with Gasteiger partial charge >= 0.3 is 6.61 Å². The molecule has 0 bridgehead atoms. The van der Waals surface area contributed by atoms with Crippen LogP contribution in [0.3, 0.4) is 0 Å². The molecule has 0 fully saturated rings. The first-order valence-electron chi connectivity index (χ1n) is 3.57. The Morgan fingerprint density at radius 1 is 1.14 bits per heavy atom. The molecule has 0 aliphatic carbocycles. The summed E-state index contributed by atoms with van der Waals surface area (Å²) in [5.74, 6) is -2.69. The first-order valence-corrected chi connectivity index (χ1v) is 4.45. The molecule has 0 unspecified atom stereocenters. The van der Waals surface area contributed by atoms with Crippen molar-refractivity contribution in [3.05, 3.63) is 24.3 Å². The molecule has 0 spiro atoms. The van der Waals surface area contributed by atoms with E-state index in [1.54, 1.807) is 0 Å². The molecule has 0 aromatic heterocycles. The third kappa shape index (κ3) is 3.87. The van der Waals surface area contributed by atoms with Gasteiger partial charge in [0.05, 0.1) is 0 Å². The van der Waals surface area contributed by atoms with Crippen LogP contribution in [0.5, 0.6) is 5.75 Å². The first-order chi connectivity index (χ1) is 6.58. The second-order valence-corrected chi connectivity index (χ2v) is 3.30. The lowest BCUT2D eigenvalue weighted by Gasteiger charge is -2.05. The molecule has 0 amide bonds. The molecule has 1 aromatic rings. The Morgan fingerprint density at radius 2 is 1.86 bits per heavy atom. The molecule has 0 radical (unpaired) electrons. The minimum atomic E-state index is -2.94. The average molecular weight is 226 g/mol. The van der Waals surface area contributed by atoms with Crippen LogP contribution in [0.2, 0.25) is 0 Å². The first kappa shape index (κ1) is 11.2. The van der Waals surface area contributed by atoms with Crippen molar-refractivity contribution < 1.29 is 22.3 Å². The molecule has 0 saturated heterocycles. The molecule has 0 aliphatic heterocycles. The lowest BCUT2D eigenvalue weighted by molar-refractivity contribution is -0.0499. The predicted molar refractivity (Wildman–Crippen MR) is 44.9 cm³/mol. The third-order valence-electron chi connectivity index (χ3n) is 1.26. The maximum absolute atomic E-state index is 11.9. The number of thioether (sulfide) groups is 1. The van der Waals surface area contributed by atoms with Gasteiger partial charge in [-0.3, -0.25) is 0 Å². The van der Waals surface area contributed by atoms with Gasteiger partial charge in [-0.1, -0.05) is 17.8 Å². The molecule has 1 nitrogen and oxygen atoms in total. The van der Waals surface area contributed by atoms with Gasteiger partial charge in [0, 0.05) is 4.90 Å². The van der Waals surface area contributed by atoms with Crippen LogP contribution in [0.15, 0.2) is 29.2 Å². The summed E-state index contributed by atoms with van der Waals surface area (Å²) in [4.78, 5) is 0.193. The molecular formula is C8H6F4OS. The van der Waals surface area contributed by atoms with Crippen LogP contribution in [0.4, 0.5) is 17.6 Å². The topological polar surface area (TPSA) is 9.23 Å². The largest absolute Gasteiger partial charge is 0.435 e. The van der Waals surface area contributed by atoms with E-state index in [9.17, 15) is 17.6 Å². The summed E-state index contributed by atoms with van der Waals surface area (Å²) in [5, 5.41) is 0. The molecular weight excluding hydrogens is 220 g/mol. The SMILES string of the molecule is FC(F)Oc1cccc(SC(F)F)c1. The van der Waals surface area contributed by atoms with Crippen molar-refractivity contribution in [2.75, 3.05) is 0 Å². The summed E-state index contributed by atoms with van der Waals surface area (Å²) in [7, 11) is 0. The number of rotatable bonds is 4. The fourth-order valence-corrected chi connectivity index (χ4v) is 1.37. The van der Waals surface area contributed by atoms with Crippen LogP contribution in [0.1, 0.15) is 0 Å². The molecule has 1 rings (SSSR count). The van der Waals surface area contributed by atoms with E-state index < -0.39 is 12.4 Å². The van der Waals surface area contributed by atoms with Crippen molar-refractivity contribution >= 4 is 11.8 Å². The van der Waals surface area contributed by atoms with E-state index >= 15 is 0 Å². The summed E-state index contributed by atoms with van der Waals surface area (Å²) in [6, 6.07) is 5.20. The van der Waals surface area contributed by atoms with Crippen molar-refractivity contribution in [3.8, 4) is 5.75 Å². The fraction of sp³-hybridized carbons (Fsp3) is 0.250. The number of alkyl halides is 4. The zero-order chi connectivity index (χ0) is 10.6. The fourth-order valence-electron chi connectivity index (χ4n) is 0.827. The molecule has 14 heavy (non-hydrogen) atoms. The Balaban J connectivity index is 2.68. The second-order valence-electron chi connectivity index (χ2n) is 2.23. The van der Waals surface area contributed by atoms with E-state index in [2.05, 4.69) is 4.74 Å². The highest BCUT2D eigenvalue weighted by Crippen LogP contribution is 2.28. The van der Waals surface area contributed by atoms with Crippen molar-refractivity contribution in [1.29, 1.82) is 0 Å². The van der Waals surface area contributed by atoms with Gasteiger partial charge in [-0.15, -0.1) is 0 Å². The molecule has 0 atom stereocenters. The summed E-state index contributed by atoms with van der Waals surface area (Å²) in [6.07, 6.45) is 0. The normalized spacial score (nSPS) is 11.0. The van der Waals surface area contributed by atoms with E-state index in [0.717, 1.165) is 6.07 Å². The Labute approximate surface area is 82.1 Å². The van der Waals surface area contributed by atoms with Crippen LogP contribution < -0.4 is 4.74 Å². The smallest absolute Gasteiger partial charge is 0.387 e. The zero-order valence-corrected chi connectivity index (χ0v) is 7.61. The van der Waals surface area contributed by atoms with E-state index in [1.807, 2.05) is 0 Å². The average Bonchev–Trinajstić information content (AvgIpc) is 2.01. The second kappa shape index (κ2) is 5.09. The van der Waals surface area contributed by atoms with E-state index in [-0.39, 0.29) is 22.4 Å². The summed E-state index contributed by atoms with van der Waals surface area (Å²) in [6.45, 7) is -2.94. The Morgan fingerprint density at radius 3 is 2.43 bits per heavy atom. The molecule has 0 aliphatic rings. The molecule has 0 N–H and O–H groups in total. The summed E-state index contributed by atoms with van der Waals surface area (Å²) < 4.78 is 51.3. The van der Waals surface area contributed by atoms with Crippen LogP contribution in [0.25, 0.3) is 0 Å². The monoisotopic (exact) mass is 226 g/mol. The van der Waals surface area contributed by atoms with Gasteiger partial charge in [0.2, 0.25) is 0 Å². The van der Waals surface area contributed by atoms with Gasteiger partial charge in [-0.2, -0.15) is 17.6 Å². The highest BCUT2D eigenvalue weighted by molar-refractivity contribution is 7.99. The number of hydrogen-bond donors (Lipinski definition) is 0. The van der Waals surface area contributed by atoms with Crippen LogP contribution >= 0.6 is 11.8 Å². The number of benzene rings is 1. The maximum atomic E-state index is 11.9. The molecule has 1 aromatic carbocycles. The quantitative estimate of drug-likeness (QED) is 0.573. The molecule has 0 saturated carbocycles. The summed E-state index contributed by atoms with van der Waals surface area (Å²) >= 11 is 0.281. The number of hydrogen-bond acceptors (Lipinski definition) is 2.